The third-order valence-electron chi connectivity index (χ3n) is 2.83. The molecular weight excluding hydrogens is 148 g/mol. The van der Waals surface area contributed by atoms with Crippen LogP contribution in [0.15, 0.2) is 12.3 Å². The summed E-state index contributed by atoms with van der Waals surface area (Å²) in [5, 5.41) is 0. The van der Waals surface area contributed by atoms with Crippen molar-refractivity contribution in [2.75, 3.05) is 6.54 Å². The number of H-pyrrole nitrogens is 1. The first kappa shape index (κ1) is 7.87. The van der Waals surface area contributed by atoms with Crippen LogP contribution >= 0.6 is 0 Å². The van der Waals surface area contributed by atoms with Gasteiger partial charge in [0.25, 0.3) is 0 Å². The lowest BCUT2D eigenvalue weighted by Gasteiger charge is -2.32. The van der Waals surface area contributed by atoms with Gasteiger partial charge in [-0.2, -0.15) is 0 Å². The molecule has 1 unspecified atom stereocenters. The van der Waals surface area contributed by atoms with Gasteiger partial charge < -0.3 is 4.98 Å². The topological polar surface area (TPSA) is 19.0 Å². The molecule has 0 saturated carbocycles. The normalized spacial score (nSPS) is 24.0. The smallest absolute Gasteiger partial charge is 0.0254 e. The van der Waals surface area contributed by atoms with Crippen LogP contribution < -0.4 is 0 Å². The monoisotopic (exact) mass is 164 g/mol. The second-order valence-electron chi connectivity index (χ2n) is 3.60. The van der Waals surface area contributed by atoms with Crippen LogP contribution in [0.2, 0.25) is 0 Å². The second kappa shape index (κ2) is 2.94. The van der Waals surface area contributed by atoms with Crippen LogP contribution in [-0.4, -0.2) is 22.5 Å². The van der Waals surface area contributed by atoms with Crippen LogP contribution in [0, 0.1) is 0 Å². The fraction of sp³-hybridized carbons (Fsp3) is 0.600. The Labute approximate surface area is 73.6 Å². The first-order valence-corrected chi connectivity index (χ1v) is 4.70. The standard InChI is InChI=1S/C10H16N2/c1-3-12-7-9-4-5-11-10(9)6-8(12)2/h4-5,8,11H,3,6-7H2,1-2H3. The summed E-state index contributed by atoms with van der Waals surface area (Å²) >= 11 is 0. The maximum absolute atomic E-state index is 3.31. The Balaban J connectivity index is 2.23. The van der Waals surface area contributed by atoms with Crippen molar-refractivity contribution in [1.29, 1.82) is 0 Å². The lowest BCUT2D eigenvalue weighted by molar-refractivity contribution is 0.194. The van der Waals surface area contributed by atoms with E-state index in [9.17, 15) is 0 Å². The third-order valence-corrected chi connectivity index (χ3v) is 2.83. The quantitative estimate of drug-likeness (QED) is 0.670. The van der Waals surface area contributed by atoms with Crippen molar-refractivity contribution >= 4 is 0 Å². The highest BCUT2D eigenvalue weighted by Crippen LogP contribution is 2.21. The van der Waals surface area contributed by atoms with Gasteiger partial charge in [0.1, 0.15) is 0 Å². The fourth-order valence-electron chi connectivity index (χ4n) is 2.00. The van der Waals surface area contributed by atoms with Gasteiger partial charge in [0.15, 0.2) is 0 Å². The molecule has 2 heteroatoms. The van der Waals surface area contributed by atoms with Crippen LogP contribution in [0.3, 0.4) is 0 Å². The van der Waals surface area contributed by atoms with Crippen LogP contribution in [0.4, 0.5) is 0 Å². The minimum atomic E-state index is 0.696. The predicted octanol–water partition coefficient (Wildman–Crippen LogP) is 1.78. The third kappa shape index (κ3) is 1.16. The molecule has 1 atom stereocenters. The van der Waals surface area contributed by atoms with E-state index < -0.39 is 0 Å². The van der Waals surface area contributed by atoms with Gasteiger partial charge in [0.05, 0.1) is 0 Å². The number of rotatable bonds is 1. The van der Waals surface area contributed by atoms with Crippen molar-refractivity contribution in [3.8, 4) is 0 Å². The molecule has 0 aromatic carbocycles. The van der Waals surface area contributed by atoms with E-state index in [2.05, 4.69) is 36.0 Å². The molecule has 12 heavy (non-hydrogen) atoms. The lowest BCUT2D eigenvalue weighted by Crippen LogP contribution is -2.37. The number of aromatic nitrogens is 1. The molecule has 2 heterocycles. The van der Waals surface area contributed by atoms with Crippen LogP contribution in [0.5, 0.6) is 0 Å². The zero-order valence-corrected chi connectivity index (χ0v) is 7.80. The first-order chi connectivity index (χ1) is 5.81. The summed E-state index contributed by atoms with van der Waals surface area (Å²) in [6.45, 7) is 6.81. The Bertz CT molecular complexity index is 265. The van der Waals surface area contributed by atoms with Gasteiger partial charge >= 0.3 is 0 Å². The molecule has 1 aromatic heterocycles. The minimum Gasteiger partial charge on any atom is -0.365 e. The Kier molecular flexibility index (Phi) is 1.93. The first-order valence-electron chi connectivity index (χ1n) is 4.70. The molecule has 0 fully saturated rings. The molecule has 1 aliphatic rings. The average molecular weight is 164 g/mol. The second-order valence-corrected chi connectivity index (χ2v) is 3.60. The van der Waals surface area contributed by atoms with Crippen LogP contribution in [0.25, 0.3) is 0 Å². The number of aromatic amines is 1. The average Bonchev–Trinajstić information content (AvgIpc) is 2.49. The number of hydrogen-bond donors (Lipinski definition) is 1. The van der Waals surface area contributed by atoms with Crippen molar-refractivity contribution < 1.29 is 0 Å². The van der Waals surface area contributed by atoms with Gasteiger partial charge in [-0.3, -0.25) is 4.90 Å². The van der Waals surface area contributed by atoms with Gasteiger partial charge in [-0.25, -0.2) is 0 Å². The molecule has 1 aromatic rings. The highest BCUT2D eigenvalue weighted by atomic mass is 15.2. The molecule has 0 aliphatic carbocycles. The molecule has 0 saturated heterocycles. The Morgan fingerprint density at radius 2 is 2.50 bits per heavy atom. The van der Waals surface area contributed by atoms with Crippen molar-refractivity contribution in [3.05, 3.63) is 23.5 Å². The molecule has 1 N–H and O–H groups in total. The Morgan fingerprint density at radius 1 is 1.67 bits per heavy atom. The van der Waals surface area contributed by atoms with E-state index in [1.165, 1.54) is 17.7 Å². The van der Waals surface area contributed by atoms with Crippen molar-refractivity contribution in [2.45, 2.75) is 32.9 Å². The number of fused-ring (bicyclic) bond motifs is 1. The maximum Gasteiger partial charge on any atom is 0.0254 e. The van der Waals surface area contributed by atoms with E-state index in [0.29, 0.717) is 6.04 Å². The maximum atomic E-state index is 3.31. The zero-order valence-electron chi connectivity index (χ0n) is 7.80. The highest BCUT2D eigenvalue weighted by Gasteiger charge is 2.21. The summed E-state index contributed by atoms with van der Waals surface area (Å²) in [5.41, 5.74) is 2.92. The van der Waals surface area contributed by atoms with Crippen molar-refractivity contribution in [2.24, 2.45) is 0 Å². The van der Waals surface area contributed by atoms with Crippen LogP contribution in [0.1, 0.15) is 25.1 Å². The van der Waals surface area contributed by atoms with E-state index in [-0.39, 0.29) is 0 Å². The minimum absolute atomic E-state index is 0.696. The van der Waals surface area contributed by atoms with Gasteiger partial charge in [-0.05, 0) is 25.1 Å². The van der Waals surface area contributed by atoms with Gasteiger partial charge in [-0.1, -0.05) is 6.92 Å². The SMILES string of the molecule is CCN1Cc2cc[nH]c2CC1C. The molecule has 66 valence electrons. The largest absolute Gasteiger partial charge is 0.365 e. The molecule has 0 spiro atoms. The number of nitrogens with zero attached hydrogens (tertiary/aromatic N) is 1. The number of hydrogen-bond acceptors (Lipinski definition) is 1. The van der Waals surface area contributed by atoms with E-state index in [1.807, 2.05) is 0 Å². The van der Waals surface area contributed by atoms with Gasteiger partial charge in [-0.15, -0.1) is 0 Å². The molecule has 0 amide bonds. The predicted molar refractivity (Wildman–Crippen MR) is 50.0 cm³/mol. The van der Waals surface area contributed by atoms with E-state index >= 15 is 0 Å². The van der Waals surface area contributed by atoms with E-state index in [0.717, 1.165) is 13.1 Å². The zero-order chi connectivity index (χ0) is 8.55. The van der Waals surface area contributed by atoms with Crippen molar-refractivity contribution in [1.82, 2.24) is 9.88 Å². The Hall–Kier alpha value is -0.760. The molecule has 0 bridgehead atoms. The molecule has 2 nitrogen and oxygen atoms in total. The summed E-state index contributed by atoms with van der Waals surface area (Å²) in [5.74, 6) is 0. The number of nitrogens with one attached hydrogen (secondary N) is 1. The summed E-state index contributed by atoms with van der Waals surface area (Å²) in [7, 11) is 0. The summed E-state index contributed by atoms with van der Waals surface area (Å²) in [6.07, 6.45) is 3.23. The lowest BCUT2D eigenvalue weighted by atomic mass is 10.0. The van der Waals surface area contributed by atoms with Crippen LogP contribution in [-0.2, 0) is 13.0 Å². The summed E-state index contributed by atoms with van der Waals surface area (Å²) in [4.78, 5) is 5.82. The molecular formula is C10H16N2. The van der Waals surface area contributed by atoms with Crippen molar-refractivity contribution in [3.63, 3.8) is 0 Å². The Morgan fingerprint density at radius 3 is 3.25 bits per heavy atom. The van der Waals surface area contributed by atoms with E-state index in [1.54, 1.807) is 0 Å². The fourth-order valence-corrected chi connectivity index (χ4v) is 2.00. The molecule has 2 rings (SSSR count). The highest BCUT2D eigenvalue weighted by molar-refractivity contribution is 5.23. The van der Waals surface area contributed by atoms with Gasteiger partial charge in [0.2, 0.25) is 0 Å². The molecule has 0 radical (unpaired) electrons. The molecule has 1 aliphatic heterocycles. The summed E-state index contributed by atoms with van der Waals surface area (Å²) in [6, 6.07) is 2.89. The van der Waals surface area contributed by atoms with Gasteiger partial charge in [0, 0.05) is 30.9 Å². The summed E-state index contributed by atoms with van der Waals surface area (Å²) < 4.78 is 0. The number of likely N-dealkylation sites (N-methyl/N-ethyl adjacent to an activating group) is 1. The van der Waals surface area contributed by atoms with E-state index in [4.69, 9.17) is 0 Å².